The molecule has 1 N–H and O–H groups in total. The predicted molar refractivity (Wildman–Crippen MR) is 47.9 cm³/mol. The molecule has 2 fully saturated rings. The molecule has 1 atom stereocenters. The number of carboxylic acid groups (broad SMARTS) is 1. The Hall–Kier alpha value is -0.660. The van der Waals surface area contributed by atoms with Crippen molar-refractivity contribution in [2.45, 2.75) is 18.9 Å². The van der Waals surface area contributed by atoms with E-state index in [-0.39, 0.29) is 6.04 Å². The van der Waals surface area contributed by atoms with Gasteiger partial charge in [0.05, 0.1) is 0 Å². The van der Waals surface area contributed by atoms with Gasteiger partial charge in [-0.3, -0.25) is 4.79 Å². The molecule has 0 aromatic rings. The number of carboxylic acids is 1. The Morgan fingerprint density at radius 3 is 2.79 bits per heavy atom. The molecule has 14 heavy (non-hydrogen) atoms. The first-order valence-electron chi connectivity index (χ1n) is 4.50. The van der Waals surface area contributed by atoms with Crippen molar-refractivity contribution in [3.05, 3.63) is 0 Å². The van der Waals surface area contributed by atoms with Crippen LogP contribution in [0.5, 0.6) is 0 Å². The van der Waals surface area contributed by atoms with Gasteiger partial charge in [0.15, 0.2) is 0 Å². The normalized spacial score (nSPS) is 31.9. The topological polar surface area (TPSA) is 77.9 Å². The van der Waals surface area contributed by atoms with Gasteiger partial charge >= 0.3 is 5.97 Å². The number of nitrogens with zero attached hydrogens (tertiary/aromatic N) is 2. The van der Waals surface area contributed by atoms with E-state index in [2.05, 4.69) is 0 Å². The van der Waals surface area contributed by atoms with Crippen LogP contribution in [-0.2, 0) is 15.0 Å². The van der Waals surface area contributed by atoms with E-state index < -0.39 is 22.7 Å². The minimum absolute atomic E-state index is 0.000602. The Labute approximate surface area is 82.3 Å². The van der Waals surface area contributed by atoms with Crippen LogP contribution in [0.25, 0.3) is 0 Å². The van der Waals surface area contributed by atoms with E-state index in [0.717, 1.165) is 17.1 Å². The maximum atomic E-state index is 11.7. The number of carbonyl (C=O) groups is 1. The minimum Gasteiger partial charge on any atom is -0.480 e. The Bertz CT molecular complexity index is 353. The summed E-state index contributed by atoms with van der Waals surface area (Å²) in [6.07, 6.45) is 1.72. The molecule has 7 heteroatoms. The van der Waals surface area contributed by atoms with Gasteiger partial charge in [-0.1, -0.05) is 0 Å². The average Bonchev–Trinajstić information content (AvgIpc) is 2.57. The van der Waals surface area contributed by atoms with Crippen LogP contribution in [0.15, 0.2) is 0 Å². The molecule has 0 aromatic heterocycles. The fourth-order valence-electron chi connectivity index (χ4n) is 2.07. The van der Waals surface area contributed by atoms with E-state index in [9.17, 15) is 13.2 Å². The standard InChI is InChI=1S/C7H12N2O4S/c10-7(11)5-8-4-6-2-1-3-9(6)14(8,12)13/h6H,1-5H2,(H,10,11)/t6-/m0/s1. The van der Waals surface area contributed by atoms with Crippen molar-refractivity contribution >= 4 is 16.2 Å². The van der Waals surface area contributed by atoms with E-state index >= 15 is 0 Å². The zero-order chi connectivity index (χ0) is 10.3. The summed E-state index contributed by atoms with van der Waals surface area (Å²) >= 11 is 0. The third-order valence-electron chi connectivity index (χ3n) is 2.67. The molecule has 0 unspecified atom stereocenters. The molecule has 0 bridgehead atoms. The highest BCUT2D eigenvalue weighted by Crippen LogP contribution is 2.30. The molecule has 0 aromatic carbocycles. The van der Waals surface area contributed by atoms with Crippen molar-refractivity contribution in [3.8, 4) is 0 Å². The van der Waals surface area contributed by atoms with Crippen molar-refractivity contribution in [3.63, 3.8) is 0 Å². The molecule has 6 nitrogen and oxygen atoms in total. The lowest BCUT2D eigenvalue weighted by atomic mass is 10.2. The highest BCUT2D eigenvalue weighted by atomic mass is 32.2. The number of hydrogen-bond acceptors (Lipinski definition) is 3. The maximum absolute atomic E-state index is 11.7. The summed E-state index contributed by atoms with van der Waals surface area (Å²) in [6.45, 7) is 0.438. The monoisotopic (exact) mass is 220 g/mol. The van der Waals surface area contributed by atoms with Gasteiger partial charge in [0.1, 0.15) is 6.54 Å². The lowest BCUT2D eigenvalue weighted by Crippen LogP contribution is -2.36. The fourth-order valence-corrected chi connectivity index (χ4v) is 3.91. The molecule has 0 aliphatic carbocycles. The lowest BCUT2D eigenvalue weighted by molar-refractivity contribution is -0.137. The molecule has 0 radical (unpaired) electrons. The van der Waals surface area contributed by atoms with Gasteiger partial charge in [0, 0.05) is 19.1 Å². The zero-order valence-corrected chi connectivity index (χ0v) is 8.40. The summed E-state index contributed by atoms with van der Waals surface area (Å²) < 4.78 is 25.9. The molecule has 2 rings (SSSR count). The molecule has 2 heterocycles. The van der Waals surface area contributed by atoms with Crippen LogP contribution in [0.4, 0.5) is 0 Å². The molecule has 2 aliphatic heterocycles. The number of aliphatic carboxylic acids is 1. The van der Waals surface area contributed by atoms with Crippen LogP contribution in [0, 0.1) is 0 Å². The minimum atomic E-state index is -3.47. The van der Waals surface area contributed by atoms with E-state index in [4.69, 9.17) is 5.11 Å². The highest BCUT2D eigenvalue weighted by Gasteiger charge is 2.46. The molecule has 0 spiro atoms. The van der Waals surface area contributed by atoms with Crippen molar-refractivity contribution in [2.75, 3.05) is 19.6 Å². The highest BCUT2D eigenvalue weighted by molar-refractivity contribution is 7.87. The fraction of sp³-hybridized carbons (Fsp3) is 0.857. The number of fused-ring (bicyclic) bond motifs is 1. The number of hydrogen-bond donors (Lipinski definition) is 1. The summed E-state index contributed by atoms with van der Waals surface area (Å²) in [6, 6.07) is -0.000602. The third kappa shape index (κ3) is 1.41. The molecule has 0 amide bonds. The SMILES string of the molecule is O=C(O)CN1C[C@@H]2CCCN2S1(=O)=O. The van der Waals surface area contributed by atoms with Crippen molar-refractivity contribution in [2.24, 2.45) is 0 Å². The first-order chi connectivity index (χ1) is 6.51. The van der Waals surface area contributed by atoms with Crippen LogP contribution in [-0.4, -0.2) is 53.8 Å². The summed E-state index contributed by atoms with van der Waals surface area (Å²) in [7, 11) is -3.47. The predicted octanol–water partition coefficient (Wildman–Crippen LogP) is -0.904. The Kier molecular flexibility index (Phi) is 2.24. The summed E-state index contributed by atoms with van der Waals surface area (Å²) in [5, 5.41) is 8.54. The smallest absolute Gasteiger partial charge is 0.318 e. The van der Waals surface area contributed by atoms with Crippen molar-refractivity contribution in [1.82, 2.24) is 8.61 Å². The van der Waals surface area contributed by atoms with Gasteiger partial charge < -0.3 is 5.11 Å². The Balaban J connectivity index is 2.19. The van der Waals surface area contributed by atoms with Crippen molar-refractivity contribution < 1.29 is 18.3 Å². The van der Waals surface area contributed by atoms with Gasteiger partial charge in [-0.2, -0.15) is 17.0 Å². The maximum Gasteiger partial charge on any atom is 0.318 e. The van der Waals surface area contributed by atoms with Gasteiger partial charge in [-0.15, -0.1) is 0 Å². The average molecular weight is 220 g/mol. The Morgan fingerprint density at radius 1 is 1.50 bits per heavy atom. The molecule has 80 valence electrons. The van der Waals surface area contributed by atoms with E-state index in [1.807, 2.05) is 0 Å². The quantitative estimate of drug-likeness (QED) is 0.654. The lowest BCUT2D eigenvalue weighted by Gasteiger charge is -2.14. The van der Waals surface area contributed by atoms with Crippen LogP contribution >= 0.6 is 0 Å². The van der Waals surface area contributed by atoms with Crippen LogP contribution < -0.4 is 0 Å². The summed E-state index contributed by atoms with van der Waals surface area (Å²) in [5.41, 5.74) is 0. The number of rotatable bonds is 2. The van der Waals surface area contributed by atoms with Gasteiger partial charge in [0.2, 0.25) is 0 Å². The Morgan fingerprint density at radius 2 is 2.21 bits per heavy atom. The van der Waals surface area contributed by atoms with E-state index in [1.165, 1.54) is 4.31 Å². The van der Waals surface area contributed by atoms with Crippen molar-refractivity contribution in [1.29, 1.82) is 0 Å². The van der Waals surface area contributed by atoms with Crippen LogP contribution in [0.3, 0.4) is 0 Å². The van der Waals surface area contributed by atoms with Crippen LogP contribution in [0.1, 0.15) is 12.8 Å². The third-order valence-corrected chi connectivity index (χ3v) is 4.68. The van der Waals surface area contributed by atoms with Crippen LogP contribution in [0.2, 0.25) is 0 Å². The molecule has 0 saturated carbocycles. The molecule has 2 aliphatic rings. The van der Waals surface area contributed by atoms with E-state index in [0.29, 0.717) is 13.1 Å². The van der Waals surface area contributed by atoms with Gasteiger partial charge in [0.25, 0.3) is 10.2 Å². The second-order valence-electron chi connectivity index (χ2n) is 3.60. The first-order valence-corrected chi connectivity index (χ1v) is 5.90. The second-order valence-corrected chi connectivity index (χ2v) is 5.48. The second kappa shape index (κ2) is 3.18. The summed E-state index contributed by atoms with van der Waals surface area (Å²) in [5.74, 6) is -1.10. The van der Waals surface area contributed by atoms with Gasteiger partial charge in [-0.05, 0) is 12.8 Å². The molecule has 2 saturated heterocycles. The largest absolute Gasteiger partial charge is 0.480 e. The van der Waals surface area contributed by atoms with Gasteiger partial charge in [-0.25, -0.2) is 0 Å². The molecular weight excluding hydrogens is 208 g/mol. The molecular formula is C7H12N2O4S. The summed E-state index contributed by atoms with van der Waals surface area (Å²) in [4.78, 5) is 10.4. The first kappa shape index (κ1) is 9.88. The zero-order valence-electron chi connectivity index (χ0n) is 7.59. The van der Waals surface area contributed by atoms with E-state index in [1.54, 1.807) is 0 Å².